The molecule has 2 aromatic rings. The van der Waals surface area contributed by atoms with E-state index in [-0.39, 0.29) is 5.97 Å². The van der Waals surface area contributed by atoms with Crippen LogP contribution in [0.15, 0.2) is 28.1 Å². The van der Waals surface area contributed by atoms with Crippen molar-refractivity contribution in [2.45, 2.75) is 13.8 Å². The molecule has 0 aliphatic heterocycles. The van der Waals surface area contributed by atoms with Crippen LogP contribution >= 0.6 is 27.3 Å². The Kier molecular flexibility index (Phi) is 3.88. The van der Waals surface area contributed by atoms with Crippen molar-refractivity contribution in [3.63, 3.8) is 0 Å². The Morgan fingerprint density at radius 2 is 1.83 bits per heavy atom. The second-order valence-electron chi connectivity index (χ2n) is 4.06. The largest absolute Gasteiger partial charge is 0.465 e. The molecule has 0 saturated carbocycles. The lowest BCUT2D eigenvalue weighted by atomic mass is 10.0. The summed E-state index contributed by atoms with van der Waals surface area (Å²) in [5.74, 6) is -0.288. The summed E-state index contributed by atoms with van der Waals surface area (Å²) in [6.07, 6.45) is 0. The van der Waals surface area contributed by atoms with Gasteiger partial charge < -0.3 is 4.74 Å². The van der Waals surface area contributed by atoms with E-state index in [2.05, 4.69) is 15.9 Å². The molecule has 18 heavy (non-hydrogen) atoms. The summed E-state index contributed by atoms with van der Waals surface area (Å²) in [6.45, 7) is 4.05. The van der Waals surface area contributed by atoms with E-state index >= 15 is 0 Å². The minimum Gasteiger partial charge on any atom is -0.465 e. The summed E-state index contributed by atoms with van der Waals surface area (Å²) in [7, 11) is 1.41. The van der Waals surface area contributed by atoms with E-state index in [1.54, 1.807) is 0 Å². The van der Waals surface area contributed by atoms with Gasteiger partial charge in [-0.05, 0) is 40.9 Å². The molecule has 0 radical (unpaired) electrons. The Morgan fingerprint density at radius 1 is 1.22 bits per heavy atom. The number of aryl methyl sites for hydroxylation is 1. The molecule has 2 nitrogen and oxygen atoms in total. The first kappa shape index (κ1) is 13.3. The van der Waals surface area contributed by atoms with Crippen molar-refractivity contribution >= 4 is 33.2 Å². The van der Waals surface area contributed by atoms with Gasteiger partial charge in [0.05, 0.1) is 10.9 Å². The van der Waals surface area contributed by atoms with Gasteiger partial charge in [0.25, 0.3) is 0 Å². The average Bonchev–Trinajstić information content (AvgIpc) is 2.66. The fraction of sp³-hybridized carbons (Fsp3) is 0.214. The van der Waals surface area contributed by atoms with Crippen LogP contribution in [0.25, 0.3) is 11.1 Å². The lowest BCUT2D eigenvalue weighted by molar-refractivity contribution is 0.0607. The number of carbonyl (C=O) groups is 1. The molecule has 0 atom stereocenters. The number of methoxy groups -OCH3 is 1. The quantitative estimate of drug-likeness (QED) is 0.756. The smallest absolute Gasteiger partial charge is 0.348 e. The zero-order valence-electron chi connectivity index (χ0n) is 10.4. The standard InChI is InChI=1S/C14H13BrO2S/c1-8-4-6-10(7-5-8)11-9(2)13(15)18-12(11)14(16)17-3/h4-7H,1-3H3. The fourth-order valence-electron chi connectivity index (χ4n) is 1.79. The minimum absolute atomic E-state index is 0.288. The Hall–Kier alpha value is -1.13. The van der Waals surface area contributed by atoms with Gasteiger partial charge in [0, 0.05) is 5.56 Å². The molecular weight excluding hydrogens is 312 g/mol. The van der Waals surface area contributed by atoms with Crippen LogP contribution in [-0.4, -0.2) is 13.1 Å². The molecule has 0 aliphatic carbocycles. The van der Waals surface area contributed by atoms with Crippen LogP contribution in [0.1, 0.15) is 20.8 Å². The number of esters is 1. The predicted molar refractivity (Wildman–Crippen MR) is 78.3 cm³/mol. The molecule has 1 aromatic carbocycles. The maximum Gasteiger partial charge on any atom is 0.348 e. The van der Waals surface area contributed by atoms with Gasteiger partial charge in [-0.1, -0.05) is 29.8 Å². The molecule has 0 bridgehead atoms. The van der Waals surface area contributed by atoms with E-state index in [9.17, 15) is 4.79 Å². The highest BCUT2D eigenvalue weighted by Gasteiger charge is 2.21. The summed E-state index contributed by atoms with van der Waals surface area (Å²) in [5.41, 5.74) is 4.27. The van der Waals surface area contributed by atoms with Crippen LogP contribution in [0.2, 0.25) is 0 Å². The Morgan fingerprint density at radius 3 is 2.39 bits per heavy atom. The third-order valence-corrected chi connectivity index (χ3v) is 4.94. The Labute approximate surface area is 119 Å². The summed E-state index contributed by atoms with van der Waals surface area (Å²) in [6, 6.07) is 8.15. The summed E-state index contributed by atoms with van der Waals surface area (Å²) < 4.78 is 5.81. The van der Waals surface area contributed by atoms with Crippen molar-refractivity contribution in [3.05, 3.63) is 44.1 Å². The van der Waals surface area contributed by atoms with Crippen molar-refractivity contribution < 1.29 is 9.53 Å². The van der Waals surface area contributed by atoms with Crippen molar-refractivity contribution in [2.24, 2.45) is 0 Å². The Balaban J connectivity index is 2.62. The van der Waals surface area contributed by atoms with Gasteiger partial charge in [-0.25, -0.2) is 4.79 Å². The van der Waals surface area contributed by atoms with Gasteiger partial charge in [-0.2, -0.15) is 0 Å². The second-order valence-corrected chi connectivity index (χ2v) is 6.40. The third kappa shape index (κ3) is 2.35. The van der Waals surface area contributed by atoms with Gasteiger partial charge in [0.2, 0.25) is 0 Å². The highest BCUT2D eigenvalue weighted by Crippen LogP contribution is 2.39. The number of hydrogen-bond donors (Lipinski definition) is 0. The molecule has 94 valence electrons. The number of carbonyl (C=O) groups excluding carboxylic acids is 1. The van der Waals surface area contributed by atoms with Crippen LogP contribution in [0.5, 0.6) is 0 Å². The average molecular weight is 325 g/mol. The molecule has 0 aliphatic rings. The number of rotatable bonds is 2. The van der Waals surface area contributed by atoms with E-state index in [1.807, 2.05) is 38.1 Å². The molecule has 0 amide bonds. The number of benzene rings is 1. The van der Waals surface area contributed by atoms with Gasteiger partial charge in [-0.3, -0.25) is 0 Å². The number of thiophene rings is 1. The van der Waals surface area contributed by atoms with Gasteiger partial charge in [-0.15, -0.1) is 11.3 Å². The van der Waals surface area contributed by atoms with Crippen LogP contribution in [-0.2, 0) is 4.74 Å². The maximum atomic E-state index is 11.8. The van der Waals surface area contributed by atoms with E-state index < -0.39 is 0 Å². The molecule has 0 saturated heterocycles. The molecule has 0 unspecified atom stereocenters. The van der Waals surface area contributed by atoms with Gasteiger partial charge >= 0.3 is 5.97 Å². The number of halogens is 1. The van der Waals surface area contributed by atoms with E-state index in [0.717, 1.165) is 20.5 Å². The van der Waals surface area contributed by atoms with E-state index in [4.69, 9.17) is 4.74 Å². The second kappa shape index (κ2) is 5.24. The monoisotopic (exact) mass is 324 g/mol. The third-order valence-electron chi connectivity index (χ3n) is 2.80. The molecule has 2 rings (SSSR count). The minimum atomic E-state index is -0.288. The Bertz CT molecular complexity index is 585. The fourth-order valence-corrected chi connectivity index (χ4v) is 3.45. The zero-order chi connectivity index (χ0) is 13.3. The molecule has 0 fully saturated rings. The first-order valence-electron chi connectivity index (χ1n) is 5.49. The van der Waals surface area contributed by atoms with Crippen molar-refractivity contribution in [2.75, 3.05) is 7.11 Å². The molecule has 0 spiro atoms. The van der Waals surface area contributed by atoms with Crippen molar-refractivity contribution in [1.29, 1.82) is 0 Å². The highest BCUT2D eigenvalue weighted by molar-refractivity contribution is 9.11. The molecule has 0 N–H and O–H groups in total. The van der Waals surface area contributed by atoms with Crippen molar-refractivity contribution in [1.82, 2.24) is 0 Å². The number of ether oxygens (including phenoxy) is 1. The maximum absolute atomic E-state index is 11.8. The van der Waals surface area contributed by atoms with Crippen LogP contribution in [0.4, 0.5) is 0 Å². The molecule has 4 heteroatoms. The molecule has 1 aromatic heterocycles. The van der Waals surface area contributed by atoms with Crippen molar-refractivity contribution in [3.8, 4) is 11.1 Å². The number of hydrogen-bond acceptors (Lipinski definition) is 3. The first-order chi connectivity index (χ1) is 8.54. The molecular formula is C14H13BrO2S. The zero-order valence-corrected chi connectivity index (χ0v) is 12.8. The lowest BCUT2D eigenvalue weighted by Crippen LogP contribution is -2.00. The van der Waals surface area contributed by atoms with Crippen LogP contribution < -0.4 is 0 Å². The van der Waals surface area contributed by atoms with Gasteiger partial charge in [0.15, 0.2) is 0 Å². The summed E-state index contributed by atoms with van der Waals surface area (Å²) in [5, 5.41) is 0. The van der Waals surface area contributed by atoms with Gasteiger partial charge in [0.1, 0.15) is 4.88 Å². The topological polar surface area (TPSA) is 26.3 Å². The van der Waals surface area contributed by atoms with E-state index in [0.29, 0.717) is 4.88 Å². The highest BCUT2D eigenvalue weighted by atomic mass is 79.9. The molecule has 1 heterocycles. The lowest BCUT2D eigenvalue weighted by Gasteiger charge is -2.05. The SMILES string of the molecule is COC(=O)c1sc(Br)c(C)c1-c1ccc(C)cc1. The first-order valence-corrected chi connectivity index (χ1v) is 7.09. The summed E-state index contributed by atoms with van der Waals surface area (Å²) >= 11 is 4.90. The van der Waals surface area contributed by atoms with Crippen LogP contribution in [0, 0.1) is 13.8 Å². The predicted octanol–water partition coefficient (Wildman–Crippen LogP) is 4.58. The van der Waals surface area contributed by atoms with Crippen LogP contribution in [0.3, 0.4) is 0 Å². The normalized spacial score (nSPS) is 10.4. The summed E-state index contributed by atoms with van der Waals surface area (Å²) in [4.78, 5) is 12.5. The van der Waals surface area contributed by atoms with E-state index in [1.165, 1.54) is 24.0 Å².